The average Bonchev–Trinajstić information content (AvgIpc) is 2.27. The van der Waals surface area contributed by atoms with Crippen LogP contribution in [0.3, 0.4) is 0 Å². The number of nitrogens with two attached hydrogens (primary N) is 1. The summed E-state index contributed by atoms with van der Waals surface area (Å²) < 4.78 is 0. The van der Waals surface area contributed by atoms with E-state index in [1.54, 1.807) is 30.9 Å². The number of rotatable bonds is 6. The Morgan fingerprint density at radius 2 is 2.38 bits per heavy atom. The zero-order valence-electron chi connectivity index (χ0n) is 9.40. The van der Waals surface area contributed by atoms with Crippen LogP contribution >= 0.6 is 11.8 Å². The van der Waals surface area contributed by atoms with Crippen LogP contribution in [0.2, 0.25) is 0 Å². The highest BCUT2D eigenvalue weighted by atomic mass is 32.2. The maximum absolute atomic E-state index is 9.94. The molecule has 7 heteroatoms. The molecule has 1 unspecified atom stereocenters. The Bertz CT molecular complexity index is 333. The van der Waals surface area contributed by atoms with Gasteiger partial charge in [0, 0.05) is 18.5 Å². The predicted molar refractivity (Wildman–Crippen MR) is 67.3 cm³/mol. The molecule has 0 bridgehead atoms. The van der Waals surface area contributed by atoms with Crippen molar-refractivity contribution in [1.29, 1.82) is 0 Å². The van der Waals surface area contributed by atoms with E-state index < -0.39 is 5.60 Å². The van der Waals surface area contributed by atoms with Crippen LogP contribution in [0.5, 0.6) is 0 Å². The van der Waals surface area contributed by atoms with E-state index in [4.69, 9.17) is 5.84 Å². The Hall–Kier alpha value is -1.05. The van der Waals surface area contributed by atoms with E-state index in [9.17, 15) is 5.11 Å². The fourth-order valence-corrected chi connectivity index (χ4v) is 1.89. The van der Waals surface area contributed by atoms with Gasteiger partial charge in [0.15, 0.2) is 0 Å². The summed E-state index contributed by atoms with van der Waals surface area (Å²) in [5, 5.41) is 13.0. The van der Waals surface area contributed by atoms with Crippen LogP contribution in [0.4, 0.5) is 11.8 Å². The summed E-state index contributed by atoms with van der Waals surface area (Å²) in [4.78, 5) is 7.96. The Balaban J connectivity index is 2.53. The van der Waals surface area contributed by atoms with E-state index in [0.717, 1.165) is 0 Å². The quantitative estimate of drug-likeness (QED) is 0.421. The number of nitrogen functional groups attached to an aromatic ring is 1. The van der Waals surface area contributed by atoms with Gasteiger partial charge in [-0.3, -0.25) is 5.43 Å². The highest BCUT2D eigenvalue weighted by Crippen LogP contribution is 2.12. The minimum atomic E-state index is -0.763. The molecule has 1 aromatic heterocycles. The number of hydrazine groups is 1. The Labute approximate surface area is 99.0 Å². The maximum atomic E-state index is 9.94. The molecule has 0 spiro atoms. The molecule has 0 radical (unpaired) electrons. The van der Waals surface area contributed by atoms with Gasteiger partial charge in [-0.2, -0.15) is 16.7 Å². The molecule has 5 N–H and O–H groups in total. The van der Waals surface area contributed by atoms with Gasteiger partial charge < -0.3 is 10.4 Å². The summed E-state index contributed by atoms with van der Waals surface area (Å²) in [5.41, 5.74) is 1.60. The van der Waals surface area contributed by atoms with E-state index in [1.165, 1.54) is 0 Å². The van der Waals surface area contributed by atoms with Crippen LogP contribution in [0.1, 0.15) is 6.92 Å². The van der Waals surface area contributed by atoms with Crippen molar-refractivity contribution in [2.24, 2.45) is 5.84 Å². The van der Waals surface area contributed by atoms with Crippen molar-refractivity contribution in [2.75, 3.05) is 29.3 Å². The molecule has 16 heavy (non-hydrogen) atoms. The van der Waals surface area contributed by atoms with Crippen LogP contribution in [-0.2, 0) is 0 Å². The summed E-state index contributed by atoms with van der Waals surface area (Å²) in [5.74, 6) is 6.82. The van der Waals surface area contributed by atoms with Gasteiger partial charge in [-0.15, -0.1) is 0 Å². The van der Waals surface area contributed by atoms with E-state index >= 15 is 0 Å². The van der Waals surface area contributed by atoms with Gasteiger partial charge in [-0.1, -0.05) is 0 Å². The summed E-state index contributed by atoms with van der Waals surface area (Å²) in [6.07, 6.45) is 3.55. The molecule has 0 aromatic carbocycles. The molecule has 0 amide bonds. The van der Waals surface area contributed by atoms with Crippen molar-refractivity contribution in [3.8, 4) is 0 Å². The van der Waals surface area contributed by atoms with Crippen LogP contribution in [0.15, 0.2) is 12.3 Å². The Morgan fingerprint density at radius 3 is 3.00 bits per heavy atom. The number of aromatic nitrogens is 2. The van der Waals surface area contributed by atoms with Gasteiger partial charge in [0.25, 0.3) is 0 Å². The van der Waals surface area contributed by atoms with Crippen molar-refractivity contribution in [1.82, 2.24) is 9.97 Å². The van der Waals surface area contributed by atoms with Crippen molar-refractivity contribution in [2.45, 2.75) is 12.5 Å². The number of hydrogen-bond acceptors (Lipinski definition) is 7. The zero-order chi connectivity index (χ0) is 12.0. The van der Waals surface area contributed by atoms with E-state index in [-0.39, 0.29) is 0 Å². The molecule has 1 rings (SSSR count). The highest BCUT2D eigenvalue weighted by Gasteiger charge is 2.19. The van der Waals surface area contributed by atoms with Gasteiger partial charge in [-0.25, -0.2) is 10.8 Å². The van der Waals surface area contributed by atoms with Gasteiger partial charge >= 0.3 is 0 Å². The second-order valence-electron chi connectivity index (χ2n) is 3.69. The van der Waals surface area contributed by atoms with Crippen molar-refractivity contribution in [3.05, 3.63) is 12.3 Å². The highest BCUT2D eigenvalue weighted by molar-refractivity contribution is 7.98. The number of aliphatic hydroxyl groups is 1. The second kappa shape index (κ2) is 5.88. The molecule has 0 saturated carbocycles. The molecule has 6 nitrogen and oxygen atoms in total. The lowest BCUT2D eigenvalue weighted by molar-refractivity contribution is 0.0996. The first kappa shape index (κ1) is 13.0. The van der Waals surface area contributed by atoms with Gasteiger partial charge in [0.2, 0.25) is 5.95 Å². The first-order chi connectivity index (χ1) is 7.57. The molecule has 0 fully saturated rings. The fourth-order valence-electron chi connectivity index (χ4n) is 1.17. The number of thioether (sulfide) groups is 1. The number of nitrogens with one attached hydrogen (secondary N) is 2. The lowest BCUT2D eigenvalue weighted by atomic mass is 10.1. The number of hydrogen-bond donors (Lipinski definition) is 4. The molecular weight excluding hydrogens is 226 g/mol. The fraction of sp³-hybridized carbons (Fsp3) is 0.556. The molecule has 0 aliphatic rings. The molecule has 1 aromatic rings. The first-order valence-electron chi connectivity index (χ1n) is 4.82. The first-order valence-corrected chi connectivity index (χ1v) is 6.21. The number of anilines is 2. The SMILES string of the molecule is CSCC(C)(O)CNc1ccnc(NN)n1. The molecule has 0 aliphatic heterocycles. The normalized spacial score (nSPS) is 14.2. The largest absolute Gasteiger partial charge is 0.387 e. The van der Waals surface area contributed by atoms with Crippen molar-refractivity contribution in [3.63, 3.8) is 0 Å². The third kappa shape index (κ3) is 4.21. The smallest absolute Gasteiger partial charge is 0.239 e. The van der Waals surface area contributed by atoms with Crippen LogP contribution in [0.25, 0.3) is 0 Å². The summed E-state index contributed by atoms with van der Waals surface area (Å²) >= 11 is 1.60. The molecule has 1 atom stereocenters. The Kier molecular flexibility index (Phi) is 4.78. The van der Waals surface area contributed by atoms with Crippen LogP contribution in [0, 0.1) is 0 Å². The predicted octanol–water partition coefficient (Wildman–Crippen LogP) is 0.288. The van der Waals surface area contributed by atoms with Gasteiger partial charge in [0.1, 0.15) is 5.82 Å². The Morgan fingerprint density at radius 1 is 1.62 bits per heavy atom. The van der Waals surface area contributed by atoms with E-state index in [1.807, 2.05) is 6.26 Å². The van der Waals surface area contributed by atoms with E-state index in [0.29, 0.717) is 24.1 Å². The molecule has 1 heterocycles. The summed E-state index contributed by atoms with van der Waals surface area (Å²) in [7, 11) is 0. The maximum Gasteiger partial charge on any atom is 0.239 e. The van der Waals surface area contributed by atoms with E-state index in [2.05, 4.69) is 20.7 Å². The third-order valence-electron chi connectivity index (χ3n) is 1.89. The van der Waals surface area contributed by atoms with Gasteiger partial charge in [0.05, 0.1) is 5.60 Å². The van der Waals surface area contributed by atoms with Gasteiger partial charge in [-0.05, 0) is 19.2 Å². The van der Waals surface area contributed by atoms with Crippen molar-refractivity contribution < 1.29 is 5.11 Å². The lowest BCUT2D eigenvalue weighted by Gasteiger charge is -2.22. The van der Waals surface area contributed by atoms with Crippen molar-refractivity contribution >= 4 is 23.5 Å². The minimum absolute atomic E-state index is 0.342. The zero-order valence-corrected chi connectivity index (χ0v) is 10.2. The molecule has 0 aliphatic carbocycles. The molecule has 90 valence electrons. The standard InChI is InChI=1S/C9H17N5OS/c1-9(15,6-16-2)5-12-7-3-4-11-8(13-7)14-10/h3-4,15H,5-6,10H2,1-2H3,(H2,11,12,13,14). The summed E-state index contributed by atoms with van der Waals surface area (Å²) in [6.45, 7) is 2.20. The van der Waals surface area contributed by atoms with Crippen LogP contribution < -0.4 is 16.6 Å². The minimum Gasteiger partial charge on any atom is -0.387 e. The summed E-state index contributed by atoms with van der Waals surface area (Å²) in [6, 6.07) is 1.72. The third-order valence-corrected chi connectivity index (χ3v) is 2.80. The molecular formula is C9H17N5OS. The average molecular weight is 243 g/mol. The number of nitrogens with zero attached hydrogens (tertiary/aromatic N) is 2. The topological polar surface area (TPSA) is 96.1 Å². The second-order valence-corrected chi connectivity index (χ2v) is 4.56. The lowest BCUT2D eigenvalue weighted by Crippen LogP contribution is -2.36. The molecule has 0 saturated heterocycles. The van der Waals surface area contributed by atoms with Crippen LogP contribution in [-0.4, -0.2) is 39.2 Å². The monoisotopic (exact) mass is 243 g/mol.